The number of anilines is 1. The van der Waals surface area contributed by atoms with Crippen molar-refractivity contribution in [1.82, 2.24) is 4.57 Å². The first-order valence-electron chi connectivity index (χ1n) is 8.28. The summed E-state index contributed by atoms with van der Waals surface area (Å²) in [7, 11) is 0. The SMILES string of the molecule is Cc1cc2c(N)cccc2n1C(=O)C1CCC2(CC1)OCCO2. The van der Waals surface area contributed by atoms with Crippen molar-refractivity contribution in [1.29, 1.82) is 0 Å². The van der Waals surface area contributed by atoms with Crippen LogP contribution in [-0.4, -0.2) is 29.5 Å². The van der Waals surface area contributed by atoms with Crippen molar-refractivity contribution in [3.63, 3.8) is 0 Å². The summed E-state index contributed by atoms with van der Waals surface area (Å²) < 4.78 is 13.3. The molecule has 1 aliphatic heterocycles. The number of aromatic nitrogens is 1. The number of rotatable bonds is 1. The van der Waals surface area contributed by atoms with Crippen LogP contribution in [-0.2, 0) is 9.47 Å². The zero-order valence-electron chi connectivity index (χ0n) is 13.4. The molecule has 1 saturated heterocycles. The number of aryl methyl sites for hydroxylation is 1. The summed E-state index contributed by atoms with van der Waals surface area (Å²) in [6.45, 7) is 3.29. The first-order valence-corrected chi connectivity index (χ1v) is 8.28. The van der Waals surface area contributed by atoms with E-state index >= 15 is 0 Å². The lowest BCUT2D eigenvalue weighted by molar-refractivity contribution is -0.180. The molecule has 1 aromatic carbocycles. The molecule has 5 heteroatoms. The number of nitrogens with two attached hydrogens (primary N) is 1. The quantitative estimate of drug-likeness (QED) is 0.821. The minimum absolute atomic E-state index is 0.0177. The van der Waals surface area contributed by atoms with Gasteiger partial charge in [0, 0.05) is 35.5 Å². The average molecular weight is 314 g/mol. The van der Waals surface area contributed by atoms with Crippen LogP contribution in [0, 0.1) is 12.8 Å². The third kappa shape index (κ3) is 2.35. The zero-order valence-corrected chi connectivity index (χ0v) is 13.4. The number of carbonyl (C=O) groups is 1. The van der Waals surface area contributed by atoms with Crippen LogP contribution in [0.5, 0.6) is 0 Å². The molecule has 122 valence electrons. The molecule has 0 unspecified atom stereocenters. The van der Waals surface area contributed by atoms with Crippen molar-refractivity contribution in [2.45, 2.75) is 38.4 Å². The van der Waals surface area contributed by atoms with Gasteiger partial charge in [-0.2, -0.15) is 0 Å². The Morgan fingerprint density at radius 1 is 1.26 bits per heavy atom. The molecule has 2 heterocycles. The van der Waals surface area contributed by atoms with E-state index in [4.69, 9.17) is 15.2 Å². The molecule has 0 atom stereocenters. The molecule has 2 fully saturated rings. The molecule has 1 spiro atoms. The lowest BCUT2D eigenvalue weighted by Crippen LogP contribution is -2.38. The number of benzene rings is 1. The number of hydrogen-bond donors (Lipinski definition) is 1. The van der Waals surface area contributed by atoms with Gasteiger partial charge in [-0.05, 0) is 38.0 Å². The number of nitrogen functional groups attached to an aromatic ring is 1. The van der Waals surface area contributed by atoms with E-state index in [1.165, 1.54) is 0 Å². The minimum Gasteiger partial charge on any atom is -0.398 e. The van der Waals surface area contributed by atoms with E-state index in [1.807, 2.05) is 35.8 Å². The van der Waals surface area contributed by atoms with Crippen molar-refractivity contribution in [2.75, 3.05) is 18.9 Å². The fourth-order valence-electron chi connectivity index (χ4n) is 3.95. The van der Waals surface area contributed by atoms with Gasteiger partial charge in [0.25, 0.3) is 0 Å². The van der Waals surface area contributed by atoms with Gasteiger partial charge in [0.05, 0.1) is 18.7 Å². The highest BCUT2D eigenvalue weighted by Crippen LogP contribution is 2.39. The molecule has 2 aromatic rings. The predicted molar refractivity (Wildman–Crippen MR) is 88.3 cm³/mol. The molecule has 2 aliphatic rings. The molecular weight excluding hydrogens is 292 g/mol. The smallest absolute Gasteiger partial charge is 0.234 e. The summed E-state index contributed by atoms with van der Waals surface area (Å²) in [5.41, 5.74) is 8.60. The van der Waals surface area contributed by atoms with Gasteiger partial charge < -0.3 is 15.2 Å². The minimum atomic E-state index is -0.422. The van der Waals surface area contributed by atoms with Crippen molar-refractivity contribution in [3.05, 3.63) is 30.0 Å². The second-order valence-corrected chi connectivity index (χ2v) is 6.62. The Balaban J connectivity index is 1.60. The highest BCUT2D eigenvalue weighted by atomic mass is 16.7. The Morgan fingerprint density at radius 2 is 1.96 bits per heavy atom. The van der Waals surface area contributed by atoms with Crippen molar-refractivity contribution < 1.29 is 14.3 Å². The Hall–Kier alpha value is -1.85. The maximum atomic E-state index is 13.1. The Bertz CT molecular complexity index is 749. The second-order valence-electron chi connectivity index (χ2n) is 6.62. The Labute approximate surface area is 135 Å². The van der Waals surface area contributed by atoms with Gasteiger partial charge >= 0.3 is 0 Å². The van der Waals surface area contributed by atoms with Crippen LogP contribution in [0.4, 0.5) is 5.69 Å². The number of nitrogens with zero attached hydrogens (tertiary/aromatic N) is 1. The summed E-state index contributed by atoms with van der Waals surface area (Å²) in [4.78, 5) is 13.1. The molecule has 0 radical (unpaired) electrons. The molecule has 1 saturated carbocycles. The van der Waals surface area contributed by atoms with Crippen molar-refractivity contribution in [3.8, 4) is 0 Å². The Morgan fingerprint density at radius 3 is 2.65 bits per heavy atom. The largest absolute Gasteiger partial charge is 0.398 e. The Kier molecular flexibility index (Phi) is 3.43. The van der Waals surface area contributed by atoms with Gasteiger partial charge in [0.15, 0.2) is 5.79 Å². The average Bonchev–Trinajstić information content (AvgIpc) is 3.13. The summed E-state index contributed by atoms with van der Waals surface area (Å²) in [5.74, 6) is -0.241. The first-order chi connectivity index (χ1) is 11.1. The number of hydrogen-bond acceptors (Lipinski definition) is 4. The van der Waals surface area contributed by atoms with Gasteiger partial charge in [-0.15, -0.1) is 0 Å². The molecule has 1 aromatic heterocycles. The molecule has 1 aliphatic carbocycles. The third-order valence-electron chi connectivity index (χ3n) is 5.19. The fourth-order valence-corrected chi connectivity index (χ4v) is 3.95. The summed E-state index contributed by atoms with van der Waals surface area (Å²) >= 11 is 0. The van der Waals surface area contributed by atoms with Crippen LogP contribution in [0.3, 0.4) is 0 Å². The number of carbonyl (C=O) groups excluding carboxylic acids is 1. The van der Waals surface area contributed by atoms with Crippen LogP contribution in [0.2, 0.25) is 0 Å². The van der Waals surface area contributed by atoms with Gasteiger partial charge in [-0.25, -0.2) is 0 Å². The lowest BCUT2D eigenvalue weighted by Gasteiger charge is -2.34. The van der Waals surface area contributed by atoms with E-state index in [1.54, 1.807) is 0 Å². The summed E-state index contributed by atoms with van der Waals surface area (Å²) in [5, 5.41) is 0.952. The predicted octanol–water partition coefficient (Wildman–Crippen LogP) is 3.11. The van der Waals surface area contributed by atoms with E-state index in [2.05, 4.69) is 0 Å². The van der Waals surface area contributed by atoms with E-state index < -0.39 is 5.79 Å². The molecule has 5 nitrogen and oxygen atoms in total. The molecule has 2 N–H and O–H groups in total. The molecule has 0 amide bonds. The first kappa shape index (κ1) is 14.7. The number of fused-ring (bicyclic) bond motifs is 1. The molecule has 4 rings (SSSR count). The van der Waals surface area contributed by atoms with E-state index in [0.29, 0.717) is 18.9 Å². The second kappa shape index (κ2) is 5.35. The van der Waals surface area contributed by atoms with Crippen LogP contribution in [0.25, 0.3) is 10.9 Å². The van der Waals surface area contributed by atoms with Crippen LogP contribution < -0.4 is 5.73 Å². The van der Waals surface area contributed by atoms with E-state index in [0.717, 1.165) is 42.3 Å². The maximum Gasteiger partial charge on any atom is 0.234 e. The van der Waals surface area contributed by atoms with Crippen LogP contribution in [0.15, 0.2) is 24.3 Å². The van der Waals surface area contributed by atoms with Crippen LogP contribution in [0.1, 0.15) is 36.2 Å². The molecule has 0 bridgehead atoms. The highest BCUT2D eigenvalue weighted by molar-refractivity contribution is 5.99. The van der Waals surface area contributed by atoms with Gasteiger partial charge in [0.1, 0.15) is 0 Å². The lowest BCUT2D eigenvalue weighted by atomic mass is 9.84. The third-order valence-corrected chi connectivity index (χ3v) is 5.19. The fraction of sp³-hybridized carbons (Fsp3) is 0.500. The van der Waals surface area contributed by atoms with Crippen molar-refractivity contribution >= 4 is 22.5 Å². The monoisotopic (exact) mass is 314 g/mol. The molecular formula is C18H22N2O3. The highest BCUT2D eigenvalue weighted by Gasteiger charge is 2.42. The summed E-state index contributed by atoms with van der Waals surface area (Å²) in [6.07, 6.45) is 3.20. The maximum absolute atomic E-state index is 13.1. The van der Waals surface area contributed by atoms with E-state index in [9.17, 15) is 4.79 Å². The van der Waals surface area contributed by atoms with E-state index in [-0.39, 0.29) is 11.8 Å². The number of ether oxygens (including phenoxy) is 2. The van der Waals surface area contributed by atoms with Gasteiger partial charge in [-0.3, -0.25) is 9.36 Å². The topological polar surface area (TPSA) is 66.5 Å². The molecule has 23 heavy (non-hydrogen) atoms. The summed E-state index contributed by atoms with van der Waals surface area (Å²) in [6, 6.07) is 7.73. The normalized spacial score (nSPS) is 21.3. The van der Waals surface area contributed by atoms with Crippen molar-refractivity contribution in [2.24, 2.45) is 5.92 Å². The van der Waals surface area contributed by atoms with Gasteiger partial charge in [-0.1, -0.05) is 6.07 Å². The standard InChI is InChI=1S/C18H22N2O3/c1-12-11-14-15(19)3-2-4-16(14)20(12)17(21)13-5-7-18(8-6-13)22-9-10-23-18/h2-4,11,13H,5-10,19H2,1H3. The van der Waals surface area contributed by atoms with Crippen LogP contribution >= 0.6 is 0 Å². The zero-order chi connectivity index (χ0) is 16.0. The van der Waals surface area contributed by atoms with Gasteiger partial charge in [0.2, 0.25) is 5.91 Å².